The van der Waals surface area contributed by atoms with Crippen LogP contribution >= 0.6 is 0 Å². The largest absolute Gasteiger partial charge is 0.354 e. The van der Waals surface area contributed by atoms with Crippen LogP contribution in [0.5, 0.6) is 0 Å². The molecule has 2 amide bonds. The van der Waals surface area contributed by atoms with Gasteiger partial charge < -0.3 is 10.2 Å². The topological polar surface area (TPSA) is 130 Å². The van der Waals surface area contributed by atoms with Gasteiger partial charge in [-0.2, -0.15) is 0 Å². The number of amides is 2. The van der Waals surface area contributed by atoms with Crippen LogP contribution in [-0.4, -0.2) is 55.4 Å². The first-order valence-electron chi connectivity index (χ1n) is 10.8. The third-order valence-corrected chi connectivity index (χ3v) is 6.30. The van der Waals surface area contributed by atoms with E-state index in [0.29, 0.717) is 6.54 Å². The van der Waals surface area contributed by atoms with Gasteiger partial charge in [0.05, 0.1) is 16.9 Å². The average Bonchev–Trinajstić information content (AvgIpc) is 2.79. The summed E-state index contributed by atoms with van der Waals surface area (Å²) in [5.41, 5.74) is -0.295. The van der Waals surface area contributed by atoms with Crippen molar-refractivity contribution in [1.82, 2.24) is 10.2 Å². The number of nitro benzene ring substituents is 1. The number of anilines is 1. The molecule has 1 N–H and O–H groups in total. The summed E-state index contributed by atoms with van der Waals surface area (Å²) in [5.74, 6) is -1.70. The molecule has 35 heavy (non-hydrogen) atoms. The minimum atomic E-state index is -4.05. The molecular formula is C23H29FN4O6S. The molecule has 0 aromatic heterocycles. The summed E-state index contributed by atoms with van der Waals surface area (Å²) in [5, 5.41) is 13.9. The van der Waals surface area contributed by atoms with E-state index in [4.69, 9.17) is 0 Å². The van der Waals surface area contributed by atoms with Crippen LogP contribution in [0, 0.1) is 21.8 Å². The van der Waals surface area contributed by atoms with E-state index in [0.717, 1.165) is 21.5 Å². The van der Waals surface area contributed by atoms with E-state index in [1.807, 2.05) is 13.8 Å². The summed E-state index contributed by atoms with van der Waals surface area (Å²) in [6.07, 6.45) is 0.860. The lowest BCUT2D eigenvalue weighted by Crippen LogP contribution is -2.51. The lowest BCUT2D eigenvalue weighted by atomic mass is 10.1. The Morgan fingerprint density at radius 3 is 2.34 bits per heavy atom. The molecule has 0 saturated carbocycles. The molecule has 2 aromatic carbocycles. The molecule has 2 rings (SSSR count). The van der Waals surface area contributed by atoms with E-state index < -0.39 is 45.2 Å². The molecule has 0 radical (unpaired) electrons. The average molecular weight is 509 g/mol. The highest BCUT2D eigenvalue weighted by Crippen LogP contribution is 2.24. The number of nitrogens with zero attached hydrogens (tertiary/aromatic N) is 3. The Kier molecular flexibility index (Phi) is 9.29. The molecule has 0 spiro atoms. The zero-order valence-corrected chi connectivity index (χ0v) is 20.8. The third-order valence-electron chi connectivity index (χ3n) is 5.16. The SMILES string of the molecule is CC(C)CNC(=O)[C@@H](C)N(Cc1ccccc1F)C(=O)CN(c1cccc([N+](=O)[O-])c1)S(C)(=O)=O. The number of rotatable bonds is 11. The van der Waals surface area contributed by atoms with Crippen molar-refractivity contribution in [3.8, 4) is 0 Å². The minimum Gasteiger partial charge on any atom is -0.354 e. The molecule has 12 heteroatoms. The Morgan fingerprint density at radius 2 is 1.77 bits per heavy atom. The van der Waals surface area contributed by atoms with E-state index >= 15 is 0 Å². The predicted molar refractivity (Wildman–Crippen MR) is 130 cm³/mol. The van der Waals surface area contributed by atoms with E-state index in [1.165, 1.54) is 43.3 Å². The van der Waals surface area contributed by atoms with Gasteiger partial charge in [0, 0.05) is 30.8 Å². The van der Waals surface area contributed by atoms with E-state index in [1.54, 1.807) is 6.07 Å². The fourth-order valence-electron chi connectivity index (χ4n) is 3.22. The number of hydrogen-bond acceptors (Lipinski definition) is 6. The second kappa shape index (κ2) is 11.7. The second-order valence-electron chi connectivity index (χ2n) is 8.47. The number of nitro groups is 1. The second-order valence-corrected chi connectivity index (χ2v) is 10.4. The van der Waals surface area contributed by atoms with Gasteiger partial charge in [-0.3, -0.25) is 24.0 Å². The Morgan fingerprint density at radius 1 is 1.11 bits per heavy atom. The molecule has 2 aromatic rings. The van der Waals surface area contributed by atoms with Gasteiger partial charge in [0.15, 0.2) is 0 Å². The minimum absolute atomic E-state index is 0.0854. The fraction of sp³-hybridized carbons (Fsp3) is 0.391. The monoisotopic (exact) mass is 508 g/mol. The molecule has 0 saturated heterocycles. The van der Waals surface area contributed by atoms with Crippen molar-refractivity contribution in [2.75, 3.05) is 23.7 Å². The van der Waals surface area contributed by atoms with Gasteiger partial charge in [0.25, 0.3) is 5.69 Å². The van der Waals surface area contributed by atoms with Crippen LogP contribution in [0.1, 0.15) is 26.3 Å². The summed E-state index contributed by atoms with van der Waals surface area (Å²) >= 11 is 0. The van der Waals surface area contributed by atoms with Crippen molar-refractivity contribution in [2.24, 2.45) is 5.92 Å². The Balaban J connectivity index is 2.42. The van der Waals surface area contributed by atoms with Gasteiger partial charge >= 0.3 is 0 Å². The predicted octanol–water partition coefficient (Wildman–Crippen LogP) is 2.69. The summed E-state index contributed by atoms with van der Waals surface area (Å²) in [6.45, 7) is 4.59. The first-order valence-corrected chi connectivity index (χ1v) is 12.7. The Bertz CT molecular complexity index is 1190. The third kappa shape index (κ3) is 7.74. The highest BCUT2D eigenvalue weighted by molar-refractivity contribution is 7.92. The molecule has 0 heterocycles. The van der Waals surface area contributed by atoms with Crippen LogP contribution in [0.3, 0.4) is 0 Å². The Hall–Kier alpha value is -3.54. The number of hydrogen-bond donors (Lipinski definition) is 1. The van der Waals surface area contributed by atoms with Gasteiger partial charge in [-0.05, 0) is 25.0 Å². The normalized spacial score (nSPS) is 12.2. The van der Waals surface area contributed by atoms with E-state index in [-0.39, 0.29) is 29.4 Å². The van der Waals surface area contributed by atoms with Crippen molar-refractivity contribution in [3.63, 3.8) is 0 Å². The molecule has 0 aliphatic rings. The number of halogens is 1. The zero-order chi connectivity index (χ0) is 26.3. The van der Waals surface area contributed by atoms with Crippen LogP contribution in [-0.2, 0) is 26.2 Å². The molecule has 1 atom stereocenters. The van der Waals surface area contributed by atoms with E-state index in [9.17, 15) is 32.5 Å². The summed E-state index contributed by atoms with van der Waals surface area (Å²) in [7, 11) is -4.05. The van der Waals surface area contributed by atoms with Gasteiger partial charge in [-0.1, -0.05) is 38.1 Å². The van der Waals surface area contributed by atoms with Crippen molar-refractivity contribution >= 4 is 33.2 Å². The first kappa shape index (κ1) is 27.7. The van der Waals surface area contributed by atoms with Crippen LogP contribution in [0.15, 0.2) is 48.5 Å². The number of benzene rings is 2. The lowest BCUT2D eigenvalue weighted by molar-refractivity contribution is -0.384. The number of sulfonamides is 1. The van der Waals surface area contributed by atoms with Gasteiger partial charge in [-0.15, -0.1) is 0 Å². The molecule has 0 bridgehead atoms. The number of carbonyl (C=O) groups is 2. The molecular weight excluding hydrogens is 479 g/mol. The molecule has 10 nitrogen and oxygen atoms in total. The maximum atomic E-state index is 14.4. The molecule has 0 aliphatic heterocycles. The molecule has 0 unspecified atom stereocenters. The summed E-state index contributed by atoms with van der Waals surface area (Å²) < 4.78 is 40.1. The highest BCUT2D eigenvalue weighted by atomic mass is 32.2. The standard InChI is InChI=1S/C23H29FN4O6S/c1-16(2)13-25-23(30)17(3)26(14-18-8-5-6-11-21(18)24)22(29)15-27(35(4,33)34)19-9-7-10-20(12-19)28(31)32/h5-12,16-17H,13-15H2,1-4H3,(H,25,30)/t17-/m1/s1. The highest BCUT2D eigenvalue weighted by Gasteiger charge is 2.31. The number of nitrogens with one attached hydrogen (secondary N) is 1. The Labute approximate surface area is 203 Å². The first-order chi connectivity index (χ1) is 16.3. The summed E-state index contributed by atoms with van der Waals surface area (Å²) in [4.78, 5) is 37.7. The van der Waals surface area contributed by atoms with Crippen molar-refractivity contribution < 1.29 is 27.3 Å². The zero-order valence-electron chi connectivity index (χ0n) is 20.0. The lowest BCUT2D eigenvalue weighted by Gasteiger charge is -2.31. The fourth-order valence-corrected chi connectivity index (χ4v) is 4.06. The van der Waals surface area contributed by atoms with Crippen LogP contribution in [0.25, 0.3) is 0 Å². The van der Waals surface area contributed by atoms with E-state index in [2.05, 4.69) is 5.32 Å². The van der Waals surface area contributed by atoms with Crippen molar-refractivity contribution in [3.05, 3.63) is 70.0 Å². The van der Waals surface area contributed by atoms with Gasteiger partial charge in [0.1, 0.15) is 18.4 Å². The van der Waals surface area contributed by atoms with Crippen LogP contribution in [0.4, 0.5) is 15.8 Å². The van der Waals surface area contributed by atoms with Crippen LogP contribution in [0.2, 0.25) is 0 Å². The quantitative estimate of drug-likeness (QED) is 0.367. The van der Waals surface area contributed by atoms with Crippen LogP contribution < -0.4 is 9.62 Å². The summed E-state index contributed by atoms with van der Waals surface area (Å²) in [6, 6.07) is 9.54. The van der Waals surface area contributed by atoms with Crippen molar-refractivity contribution in [1.29, 1.82) is 0 Å². The number of non-ortho nitro benzene ring substituents is 1. The smallest absolute Gasteiger partial charge is 0.271 e. The maximum Gasteiger partial charge on any atom is 0.271 e. The maximum absolute atomic E-state index is 14.4. The molecule has 0 aliphatic carbocycles. The number of carbonyl (C=O) groups excluding carboxylic acids is 2. The van der Waals surface area contributed by atoms with Gasteiger partial charge in [-0.25, -0.2) is 12.8 Å². The van der Waals surface area contributed by atoms with Crippen molar-refractivity contribution in [2.45, 2.75) is 33.4 Å². The molecule has 190 valence electrons. The molecule has 0 fully saturated rings. The van der Waals surface area contributed by atoms with Gasteiger partial charge in [0.2, 0.25) is 21.8 Å².